The Morgan fingerprint density at radius 1 is 1.00 bits per heavy atom. The molecule has 128 valence electrons. The molecular formula is C21H23N3S. The van der Waals surface area contributed by atoms with Crippen molar-refractivity contribution in [3.05, 3.63) is 74.9 Å². The molecule has 3 nitrogen and oxygen atoms in total. The minimum Gasteiger partial charge on any atom is -0.258 e. The quantitative estimate of drug-likeness (QED) is 0.597. The fourth-order valence-corrected chi connectivity index (χ4v) is 3.57. The van der Waals surface area contributed by atoms with E-state index in [4.69, 9.17) is 5.10 Å². The third-order valence-corrected chi connectivity index (χ3v) is 4.92. The number of hydrogen-bond donors (Lipinski definition) is 0. The summed E-state index contributed by atoms with van der Waals surface area (Å²) >= 11 is 1.62. The predicted octanol–water partition coefficient (Wildman–Crippen LogP) is 4.94. The first-order chi connectivity index (χ1) is 12.1. The zero-order valence-electron chi connectivity index (χ0n) is 15.2. The Hall–Kier alpha value is -2.46. The molecular weight excluding hydrogens is 326 g/mol. The van der Waals surface area contributed by atoms with E-state index in [0.29, 0.717) is 0 Å². The SMILES string of the molecule is CCN=c1scc(-c2ccc(C)cc2)n1N=Cc1ccc(C)cc1C. The van der Waals surface area contributed by atoms with E-state index in [0.717, 1.165) is 28.2 Å². The topological polar surface area (TPSA) is 29.6 Å². The highest BCUT2D eigenvalue weighted by atomic mass is 32.1. The van der Waals surface area contributed by atoms with Gasteiger partial charge in [0.1, 0.15) is 0 Å². The fraction of sp³-hybridized carbons (Fsp3) is 0.238. The summed E-state index contributed by atoms with van der Waals surface area (Å²) in [7, 11) is 0. The zero-order valence-corrected chi connectivity index (χ0v) is 16.0. The molecule has 0 bridgehead atoms. The van der Waals surface area contributed by atoms with Gasteiger partial charge >= 0.3 is 0 Å². The van der Waals surface area contributed by atoms with E-state index >= 15 is 0 Å². The van der Waals surface area contributed by atoms with Crippen LogP contribution in [-0.2, 0) is 0 Å². The molecule has 3 aromatic rings. The van der Waals surface area contributed by atoms with Crippen molar-refractivity contribution in [2.75, 3.05) is 6.54 Å². The normalized spacial score (nSPS) is 12.2. The van der Waals surface area contributed by atoms with E-state index in [1.165, 1.54) is 16.7 Å². The zero-order chi connectivity index (χ0) is 17.8. The van der Waals surface area contributed by atoms with Gasteiger partial charge in [0, 0.05) is 17.5 Å². The van der Waals surface area contributed by atoms with Crippen LogP contribution in [0.25, 0.3) is 11.3 Å². The minimum absolute atomic E-state index is 0.743. The summed E-state index contributed by atoms with van der Waals surface area (Å²) in [6.45, 7) is 9.11. The monoisotopic (exact) mass is 349 g/mol. The Morgan fingerprint density at radius 2 is 1.72 bits per heavy atom. The van der Waals surface area contributed by atoms with Crippen molar-refractivity contribution in [2.45, 2.75) is 27.7 Å². The molecule has 1 heterocycles. The van der Waals surface area contributed by atoms with Gasteiger partial charge in [-0.2, -0.15) is 5.10 Å². The van der Waals surface area contributed by atoms with Crippen LogP contribution in [0.3, 0.4) is 0 Å². The molecule has 2 aromatic carbocycles. The maximum atomic E-state index is 4.75. The first-order valence-corrected chi connectivity index (χ1v) is 9.36. The van der Waals surface area contributed by atoms with Crippen molar-refractivity contribution in [2.24, 2.45) is 10.1 Å². The molecule has 0 unspecified atom stereocenters. The largest absolute Gasteiger partial charge is 0.258 e. The van der Waals surface area contributed by atoms with Gasteiger partial charge in [0.05, 0.1) is 11.9 Å². The van der Waals surface area contributed by atoms with Crippen molar-refractivity contribution >= 4 is 17.6 Å². The van der Waals surface area contributed by atoms with Crippen molar-refractivity contribution < 1.29 is 0 Å². The second kappa shape index (κ2) is 7.62. The standard InChI is InChI=1S/C21H23N3S/c1-5-22-21-24(23-13-19-11-8-16(3)12-17(19)4)20(14-25-21)18-9-6-15(2)7-10-18/h6-14H,5H2,1-4H3. The number of aryl methyl sites for hydroxylation is 3. The van der Waals surface area contributed by atoms with Gasteiger partial charge in [-0.25, -0.2) is 4.68 Å². The van der Waals surface area contributed by atoms with Gasteiger partial charge < -0.3 is 0 Å². The molecule has 1 aromatic heterocycles. The Bertz CT molecular complexity index is 960. The molecule has 25 heavy (non-hydrogen) atoms. The summed E-state index contributed by atoms with van der Waals surface area (Å²) in [6.07, 6.45) is 1.92. The second-order valence-electron chi connectivity index (χ2n) is 6.16. The van der Waals surface area contributed by atoms with Crippen LogP contribution < -0.4 is 4.80 Å². The summed E-state index contributed by atoms with van der Waals surface area (Å²) in [5.41, 5.74) is 7.09. The lowest BCUT2D eigenvalue weighted by Crippen LogP contribution is -2.12. The number of hydrogen-bond acceptors (Lipinski definition) is 3. The summed E-state index contributed by atoms with van der Waals surface area (Å²) < 4.78 is 1.94. The number of aromatic nitrogens is 1. The van der Waals surface area contributed by atoms with Gasteiger partial charge in [-0.3, -0.25) is 4.99 Å². The third-order valence-electron chi connectivity index (χ3n) is 4.06. The average molecular weight is 350 g/mol. The van der Waals surface area contributed by atoms with Crippen LogP contribution >= 0.6 is 11.3 Å². The summed E-state index contributed by atoms with van der Waals surface area (Å²) in [5, 5.41) is 6.88. The Balaban J connectivity index is 2.07. The number of benzene rings is 2. The van der Waals surface area contributed by atoms with E-state index in [2.05, 4.69) is 73.6 Å². The fourth-order valence-electron chi connectivity index (χ4n) is 2.67. The van der Waals surface area contributed by atoms with E-state index in [1.54, 1.807) is 11.3 Å². The van der Waals surface area contributed by atoms with Crippen LogP contribution in [0.15, 0.2) is 57.9 Å². The summed E-state index contributed by atoms with van der Waals surface area (Å²) in [6, 6.07) is 14.9. The molecule has 0 spiro atoms. The van der Waals surface area contributed by atoms with Gasteiger partial charge in [0.2, 0.25) is 4.80 Å². The third kappa shape index (κ3) is 3.97. The summed E-state index contributed by atoms with van der Waals surface area (Å²) in [4.78, 5) is 5.50. The molecule has 0 radical (unpaired) electrons. The smallest absolute Gasteiger partial charge is 0.206 e. The highest BCUT2D eigenvalue weighted by Crippen LogP contribution is 2.20. The van der Waals surface area contributed by atoms with E-state index < -0.39 is 0 Å². The van der Waals surface area contributed by atoms with Crippen molar-refractivity contribution in [1.82, 2.24) is 4.68 Å². The van der Waals surface area contributed by atoms with Gasteiger partial charge in [-0.05, 0) is 38.8 Å². The Morgan fingerprint density at radius 3 is 2.40 bits per heavy atom. The average Bonchev–Trinajstić information content (AvgIpc) is 2.98. The van der Waals surface area contributed by atoms with E-state index in [-0.39, 0.29) is 0 Å². The minimum atomic E-state index is 0.743. The molecule has 0 amide bonds. The molecule has 0 saturated carbocycles. The van der Waals surface area contributed by atoms with Crippen molar-refractivity contribution in [3.8, 4) is 11.3 Å². The van der Waals surface area contributed by atoms with Crippen LogP contribution in [-0.4, -0.2) is 17.4 Å². The molecule has 0 fully saturated rings. The van der Waals surface area contributed by atoms with Crippen LogP contribution in [0, 0.1) is 20.8 Å². The molecule has 0 aliphatic rings. The van der Waals surface area contributed by atoms with Crippen molar-refractivity contribution in [3.63, 3.8) is 0 Å². The highest BCUT2D eigenvalue weighted by Gasteiger charge is 2.07. The number of nitrogens with zero attached hydrogens (tertiary/aromatic N) is 3. The van der Waals surface area contributed by atoms with Gasteiger partial charge in [0.25, 0.3) is 0 Å². The number of thiazole rings is 1. The van der Waals surface area contributed by atoms with E-state index in [9.17, 15) is 0 Å². The Labute approximate surface area is 153 Å². The van der Waals surface area contributed by atoms with Gasteiger partial charge in [-0.1, -0.05) is 53.6 Å². The molecule has 0 N–H and O–H groups in total. The van der Waals surface area contributed by atoms with Gasteiger partial charge in [0.15, 0.2) is 0 Å². The second-order valence-corrected chi connectivity index (χ2v) is 7.00. The first-order valence-electron chi connectivity index (χ1n) is 8.48. The van der Waals surface area contributed by atoms with Crippen LogP contribution in [0.1, 0.15) is 29.2 Å². The maximum absolute atomic E-state index is 4.75. The molecule has 4 heteroatoms. The maximum Gasteiger partial charge on any atom is 0.206 e. The summed E-state index contributed by atoms with van der Waals surface area (Å²) in [5.74, 6) is 0. The lowest BCUT2D eigenvalue weighted by atomic mass is 10.1. The first kappa shape index (κ1) is 17.4. The van der Waals surface area contributed by atoms with Crippen molar-refractivity contribution in [1.29, 1.82) is 0 Å². The molecule has 0 saturated heterocycles. The van der Waals surface area contributed by atoms with Gasteiger partial charge in [-0.15, -0.1) is 11.3 Å². The molecule has 0 aliphatic carbocycles. The molecule has 3 rings (SSSR count). The van der Waals surface area contributed by atoms with Crippen LogP contribution in [0.2, 0.25) is 0 Å². The predicted molar refractivity (Wildman–Crippen MR) is 107 cm³/mol. The number of rotatable bonds is 4. The highest BCUT2D eigenvalue weighted by molar-refractivity contribution is 7.07. The lowest BCUT2D eigenvalue weighted by Gasteiger charge is -2.05. The molecule has 0 aliphatic heterocycles. The molecule has 0 atom stereocenters. The Kier molecular flexibility index (Phi) is 5.29. The lowest BCUT2D eigenvalue weighted by molar-refractivity contribution is 0.833. The van der Waals surface area contributed by atoms with E-state index in [1.807, 2.05) is 17.8 Å². The van der Waals surface area contributed by atoms with Crippen LogP contribution in [0.5, 0.6) is 0 Å². The van der Waals surface area contributed by atoms with Crippen LogP contribution in [0.4, 0.5) is 0 Å².